The number of ketones is 1. The lowest BCUT2D eigenvalue weighted by Crippen LogP contribution is -2.37. The number of hydrogen-bond donors (Lipinski definition) is 1. The molecule has 5 heteroatoms. The standard InChI is InChI=1S/C21H19ClN2O2/c22-17-8-6-15(7-9-17)18-14-23-19(20(18)24-10-12-26-13-11-24)21(25)16-4-2-1-3-5-16/h1-9,14,23H,10-13H2. The van der Waals surface area contributed by atoms with Gasteiger partial charge >= 0.3 is 0 Å². The molecule has 1 fully saturated rings. The van der Waals surface area contributed by atoms with Gasteiger partial charge in [0.05, 0.1) is 18.9 Å². The normalized spacial score (nSPS) is 14.4. The summed E-state index contributed by atoms with van der Waals surface area (Å²) in [6.45, 7) is 2.83. The van der Waals surface area contributed by atoms with Crippen LogP contribution in [0.1, 0.15) is 16.1 Å². The van der Waals surface area contributed by atoms with Gasteiger partial charge in [-0.2, -0.15) is 0 Å². The maximum Gasteiger partial charge on any atom is 0.211 e. The van der Waals surface area contributed by atoms with Crippen molar-refractivity contribution >= 4 is 23.1 Å². The molecular weight excluding hydrogens is 348 g/mol. The molecule has 0 atom stereocenters. The first-order valence-corrected chi connectivity index (χ1v) is 9.01. The van der Waals surface area contributed by atoms with Gasteiger partial charge in [0.15, 0.2) is 0 Å². The SMILES string of the molecule is O=C(c1ccccc1)c1[nH]cc(-c2ccc(Cl)cc2)c1N1CCOCC1. The Balaban J connectivity index is 1.81. The van der Waals surface area contributed by atoms with E-state index >= 15 is 0 Å². The van der Waals surface area contributed by atoms with Crippen LogP contribution in [-0.4, -0.2) is 37.1 Å². The summed E-state index contributed by atoms with van der Waals surface area (Å²) in [5.41, 5.74) is 4.25. The number of rotatable bonds is 4. The Bertz CT molecular complexity index is 898. The van der Waals surface area contributed by atoms with Crippen molar-refractivity contribution in [2.75, 3.05) is 31.2 Å². The summed E-state index contributed by atoms with van der Waals surface area (Å²) in [6, 6.07) is 17.0. The molecule has 26 heavy (non-hydrogen) atoms. The third-order valence-corrected chi connectivity index (χ3v) is 4.85. The average Bonchev–Trinajstić information content (AvgIpc) is 3.14. The summed E-state index contributed by atoms with van der Waals surface area (Å²) in [6.07, 6.45) is 1.91. The van der Waals surface area contributed by atoms with Gasteiger partial charge in [-0.25, -0.2) is 0 Å². The van der Waals surface area contributed by atoms with Crippen molar-refractivity contribution < 1.29 is 9.53 Å². The van der Waals surface area contributed by atoms with E-state index in [2.05, 4.69) is 9.88 Å². The van der Waals surface area contributed by atoms with Gasteiger partial charge in [0.1, 0.15) is 5.69 Å². The highest BCUT2D eigenvalue weighted by atomic mass is 35.5. The fourth-order valence-electron chi connectivity index (χ4n) is 3.29. The lowest BCUT2D eigenvalue weighted by molar-refractivity contribution is 0.103. The maximum atomic E-state index is 13.1. The van der Waals surface area contributed by atoms with Gasteiger partial charge in [0.25, 0.3) is 0 Å². The summed E-state index contributed by atoms with van der Waals surface area (Å²) < 4.78 is 5.49. The molecule has 3 aromatic rings. The van der Waals surface area contributed by atoms with E-state index < -0.39 is 0 Å². The quantitative estimate of drug-likeness (QED) is 0.696. The number of hydrogen-bond acceptors (Lipinski definition) is 3. The number of morpholine rings is 1. The zero-order valence-corrected chi connectivity index (χ0v) is 15.0. The van der Waals surface area contributed by atoms with Crippen LogP contribution in [0.2, 0.25) is 5.02 Å². The number of halogens is 1. The van der Waals surface area contributed by atoms with Gasteiger partial charge in [-0.1, -0.05) is 54.1 Å². The summed E-state index contributed by atoms with van der Waals surface area (Å²) in [4.78, 5) is 18.5. The van der Waals surface area contributed by atoms with E-state index in [1.54, 1.807) is 0 Å². The van der Waals surface area contributed by atoms with Gasteiger partial charge in [0.2, 0.25) is 5.78 Å². The zero-order valence-electron chi connectivity index (χ0n) is 14.2. The van der Waals surface area contributed by atoms with Gasteiger partial charge < -0.3 is 14.6 Å². The first-order valence-electron chi connectivity index (χ1n) is 8.64. The highest BCUT2D eigenvalue weighted by molar-refractivity contribution is 6.30. The summed E-state index contributed by atoms with van der Waals surface area (Å²) in [5, 5.41) is 0.692. The zero-order chi connectivity index (χ0) is 17.9. The van der Waals surface area contributed by atoms with Gasteiger partial charge in [0, 0.05) is 35.4 Å². The Hall–Kier alpha value is -2.56. The highest BCUT2D eigenvalue weighted by Gasteiger charge is 2.25. The molecule has 0 bridgehead atoms. The van der Waals surface area contributed by atoms with Crippen molar-refractivity contribution in [1.29, 1.82) is 0 Å². The lowest BCUT2D eigenvalue weighted by atomic mass is 10.0. The first-order chi connectivity index (χ1) is 12.7. The Morgan fingerprint density at radius 1 is 1.00 bits per heavy atom. The number of aromatic nitrogens is 1. The van der Waals surface area contributed by atoms with Crippen molar-refractivity contribution in [3.05, 3.63) is 77.1 Å². The predicted molar refractivity (Wildman–Crippen MR) is 104 cm³/mol. The average molecular weight is 367 g/mol. The number of nitrogens with zero attached hydrogens (tertiary/aromatic N) is 1. The molecule has 0 amide bonds. The fraction of sp³-hybridized carbons (Fsp3) is 0.190. The van der Waals surface area contributed by atoms with E-state index in [1.807, 2.05) is 60.8 Å². The van der Waals surface area contributed by atoms with Crippen molar-refractivity contribution in [3.8, 4) is 11.1 Å². The Morgan fingerprint density at radius 3 is 2.38 bits per heavy atom. The van der Waals surface area contributed by atoms with E-state index in [4.69, 9.17) is 16.3 Å². The van der Waals surface area contributed by atoms with Gasteiger partial charge in [-0.15, -0.1) is 0 Å². The van der Waals surface area contributed by atoms with Crippen molar-refractivity contribution in [2.24, 2.45) is 0 Å². The summed E-state index contributed by atoms with van der Waals surface area (Å²) in [7, 11) is 0. The van der Waals surface area contributed by atoms with Crippen LogP contribution >= 0.6 is 11.6 Å². The molecule has 0 spiro atoms. The third-order valence-electron chi connectivity index (χ3n) is 4.60. The van der Waals surface area contributed by atoms with E-state index in [0.717, 1.165) is 29.9 Å². The molecule has 4 nitrogen and oxygen atoms in total. The minimum Gasteiger partial charge on any atom is -0.378 e. The maximum absolute atomic E-state index is 13.1. The van der Waals surface area contributed by atoms with Crippen LogP contribution in [0.3, 0.4) is 0 Å². The van der Waals surface area contributed by atoms with Crippen LogP contribution in [0.4, 0.5) is 5.69 Å². The molecule has 4 rings (SSSR count). The second kappa shape index (κ2) is 7.36. The molecule has 0 radical (unpaired) electrons. The smallest absolute Gasteiger partial charge is 0.211 e. The van der Waals surface area contributed by atoms with E-state index in [-0.39, 0.29) is 5.78 Å². The molecule has 0 aliphatic carbocycles. The van der Waals surface area contributed by atoms with Crippen molar-refractivity contribution in [2.45, 2.75) is 0 Å². The van der Waals surface area contributed by atoms with Crippen molar-refractivity contribution in [3.63, 3.8) is 0 Å². The number of carbonyl (C=O) groups is 1. The second-order valence-electron chi connectivity index (χ2n) is 6.23. The third kappa shape index (κ3) is 3.26. The number of aromatic amines is 1. The number of anilines is 1. The molecule has 132 valence electrons. The van der Waals surface area contributed by atoms with E-state index in [9.17, 15) is 4.79 Å². The van der Waals surface area contributed by atoms with Gasteiger partial charge in [-0.05, 0) is 17.7 Å². The molecular formula is C21H19ClN2O2. The predicted octanol–water partition coefficient (Wildman–Crippen LogP) is 4.40. The van der Waals surface area contributed by atoms with Gasteiger partial charge in [-0.3, -0.25) is 4.79 Å². The molecule has 2 aromatic carbocycles. The number of H-pyrrole nitrogens is 1. The van der Waals surface area contributed by atoms with Crippen LogP contribution in [0.15, 0.2) is 60.8 Å². The van der Waals surface area contributed by atoms with Crippen LogP contribution in [0, 0.1) is 0 Å². The van der Waals surface area contributed by atoms with Crippen LogP contribution in [0.5, 0.6) is 0 Å². The van der Waals surface area contributed by atoms with E-state index in [1.165, 1.54) is 0 Å². The van der Waals surface area contributed by atoms with Crippen molar-refractivity contribution in [1.82, 2.24) is 4.98 Å². The Morgan fingerprint density at radius 2 is 1.69 bits per heavy atom. The van der Waals surface area contributed by atoms with Crippen LogP contribution < -0.4 is 4.90 Å². The topological polar surface area (TPSA) is 45.3 Å². The molecule has 2 heterocycles. The Kier molecular flexibility index (Phi) is 4.78. The molecule has 1 saturated heterocycles. The monoisotopic (exact) mass is 366 g/mol. The highest BCUT2D eigenvalue weighted by Crippen LogP contribution is 2.36. The summed E-state index contributed by atoms with van der Waals surface area (Å²) >= 11 is 6.03. The van der Waals surface area contributed by atoms with Crippen LogP contribution in [0.25, 0.3) is 11.1 Å². The molecule has 1 aliphatic heterocycles. The molecule has 1 N–H and O–H groups in total. The summed E-state index contributed by atoms with van der Waals surface area (Å²) in [5.74, 6) is -0.00712. The van der Waals surface area contributed by atoms with Crippen LogP contribution in [-0.2, 0) is 4.74 Å². The minimum atomic E-state index is -0.00712. The number of benzene rings is 2. The molecule has 0 saturated carbocycles. The second-order valence-corrected chi connectivity index (χ2v) is 6.66. The minimum absolute atomic E-state index is 0.00712. The largest absolute Gasteiger partial charge is 0.378 e. The number of nitrogens with one attached hydrogen (secondary N) is 1. The lowest BCUT2D eigenvalue weighted by Gasteiger charge is -2.30. The molecule has 1 aliphatic rings. The molecule has 0 unspecified atom stereocenters. The fourth-order valence-corrected chi connectivity index (χ4v) is 3.41. The number of carbonyl (C=O) groups excluding carboxylic acids is 1. The Labute approximate surface area is 157 Å². The number of ether oxygens (including phenoxy) is 1. The molecule has 1 aromatic heterocycles. The first kappa shape index (κ1) is 16.9. The van der Waals surface area contributed by atoms with E-state index in [0.29, 0.717) is 29.5 Å².